The molecule has 22 heavy (non-hydrogen) atoms. The molecule has 0 saturated heterocycles. The molecule has 1 aromatic rings. The summed E-state index contributed by atoms with van der Waals surface area (Å²) in [6.07, 6.45) is -0.412. The molecule has 2 unspecified atom stereocenters. The third-order valence-electron chi connectivity index (χ3n) is 3.59. The van der Waals surface area contributed by atoms with Crippen molar-refractivity contribution in [1.29, 1.82) is 0 Å². The summed E-state index contributed by atoms with van der Waals surface area (Å²) in [5.74, 6) is 1.31. The van der Waals surface area contributed by atoms with Crippen molar-refractivity contribution < 1.29 is 14.9 Å². The molecule has 0 aliphatic rings. The molecule has 4 nitrogen and oxygen atoms in total. The second-order valence-corrected chi connectivity index (χ2v) is 7.33. The molecule has 1 aromatic carbocycles. The van der Waals surface area contributed by atoms with Gasteiger partial charge >= 0.3 is 0 Å². The van der Waals surface area contributed by atoms with Crippen molar-refractivity contribution in [3.63, 3.8) is 0 Å². The molecule has 0 heterocycles. The molecule has 4 N–H and O–H groups in total. The lowest BCUT2D eigenvalue weighted by Gasteiger charge is -2.26. The molecule has 0 fully saturated rings. The van der Waals surface area contributed by atoms with Gasteiger partial charge in [-0.25, -0.2) is 0 Å². The van der Waals surface area contributed by atoms with Crippen molar-refractivity contribution in [2.75, 3.05) is 13.2 Å². The van der Waals surface area contributed by atoms with Gasteiger partial charge in [0.1, 0.15) is 5.75 Å². The van der Waals surface area contributed by atoms with Gasteiger partial charge in [0.2, 0.25) is 0 Å². The Morgan fingerprint density at radius 2 is 1.86 bits per heavy atom. The highest BCUT2D eigenvalue weighted by Crippen LogP contribution is 2.34. The van der Waals surface area contributed by atoms with Crippen molar-refractivity contribution in [3.8, 4) is 5.75 Å². The summed E-state index contributed by atoms with van der Waals surface area (Å²) in [7, 11) is 0. The quantitative estimate of drug-likeness (QED) is 0.724. The fourth-order valence-electron chi connectivity index (χ4n) is 2.25. The van der Waals surface area contributed by atoms with Crippen molar-refractivity contribution in [2.45, 2.75) is 58.6 Å². The lowest BCUT2D eigenvalue weighted by atomic mass is 9.84. The number of hydrogen-bond acceptors (Lipinski definition) is 4. The normalized spacial score (nSPS) is 15.0. The smallest absolute Gasteiger partial charge is 0.123 e. The van der Waals surface area contributed by atoms with Crippen molar-refractivity contribution >= 4 is 0 Å². The minimum atomic E-state index is -0.785. The van der Waals surface area contributed by atoms with Crippen LogP contribution >= 0.6 is 0 Å². The van der Waals surface area contributed by atoms with Crippen LogP contribution in [0.15, 0.2) is 18.2 Å². The molecule has 0 bridgehead atoms. The summed E-state index contributed by atoms with van der Waals surface area (Å²) >= 11 is 0. The van der Waals surface area contributed by atoms with Crippen LogP contribution in [0.3, 0.4) is 0 Å². The predicted octanol–water partition coefficient (Wildman–Crippen LogP) is 2.76. The average Bonchev–Trinajstić information content (AvgIpc) is 2.43. The topological polar surface area (TPSA) is 75.7 Å². The zero-order chi connectivity index (χ0) is 16.9. The molecule has 0 radical (unpaired) electrons. The Balaban J connectivity index is 3.09. The molecular weight excluding hydrogens is 278 g/mol. The van der Waals surface area contributed by atoms with Gasteiger partial charge in [0.15, 0.2) is 0 Å². The van der Waals surface area contributed by atoms with Crippen LogP contribution in [0.2, 0.25) is 0 Å². The summed E-state index contributed by atoms with van der Waals surface area (Å²) in [5.41, 5.74) is 7.64. The highest BCUT2D eigenvalue weighted by Gasteiger charge is 2.23. The SMILES string of the molecule is CC(C)COc1ccc(C(O)C(N)CCO)cc1C(C)(C)C. The van der Waals surface area contributed by atoms with Crippen LogP contribution in [-0.2, 0) is 5.41 Å². The van der Waals surface area contributed by atoms with Gasteiger partial charge in [-0.3, -0.25) is 0 Å². The van der Waals surface area contributed by atoms with Gasteiger partial charge in [-0.15, -0.1) is 0 Å². The molecule has 4 heteroatoms. The largest absolute Gasteiger partial charge is 0.493 e. The van der Waals surface area contributed by atoms with Gasteiger partial charge < -0.3 is 20.7 Å². The molecule has 126 valence electrons. The van der Waals surface area contributed by atoms with Crippen LogP contribution in [0, 0.1) is 5.92 Å². The molecule has 2 atom stereocenters. The van der Waals surface area contributed by atoms with Crippen LogP contribution in [0.4, 0.5) is 0 Å². The van der Waals surface area contributed by atoms with Crippen LogP contribution in [0.1, 0.15) is 58.3 Å². The summed E-state index contributed by atoms with van der Waals surface area (Å²) in [4.78, 5) is 0. The summed E-state index contributed by atoms with van der Waals surface area (Å²) < 4.78 is 5.91. The van der Waals surface area contributed by atoms with Crippen LogP contribution in [0.5, 0.6) is 5.75 Å². The maximum Gasteiger partial charge on any atom is 0.123 e. The van der Waals surface area contributed by atoms with E-state index < -0.39 is 12.1 Å². The lowest BCUT2D eigenvalue weighted by Crippen LogP contribution is -2.29. The van der Waals surface area contributed by atoms with E-state index in [0.29, 0.717) is 18.9 Å². The van der Waals surface area contributed by atoms with Crippen LogP contribution in [-0.4, -0.2) is 29.5 Å². The third kappa shape index (κ3) is 5.27. The van der Waals surface area contributed by atoms with E-state index >= 15 is 0 Å². The van der Waals surface area contributed by atoms with Crippen LogP contribution < -0.4 is 10.5 Å². The first kappa shape index (κ1) is 18.9. The van der Waals surface area contributed by atoms with E-state index in [9.17, 15) is 5.11 Å². The molecule has 0 spiro atoms. The van der Waals surface area contributed by atoms with Crippen LogP contribution in [0.25, 0.3) is 0 Å². The number of benzene rings is 1. The maximum atomic E-state index is 10.3. The Kier molecular flexibility index (Phi) is 6.85. The molecule has 0 aliphatic heterocycles. The van der Waals surface area contributed by atoms with E-state index in [0.717, 1.165) is 16.9 Å². The molecule has 0 aliphatic carbocycles. The average molecular weight is 309 g/mol. The molecule has 0 saturated carbocycles. The highest BCUT2D eigenvalue weighted by atomic mass is 16.5. The first-order valence-electron chi connectivity index (χ1n) is 7.98. The molecule has 0 amide bonds. The fourth-order valence-corrected chi connectivity index (χ4v) is 2.25. The Morgan fingerprint density at radius 1 is 1.23 bits per heavy atom. The van der Waals surface area contributed by atoms with Gasteiger partial charge in [-0.1, -0.05) is 40.7 Å². The van der Waals surface area contributed by atoms with Gasteiger partial charge in [0.05, 0.1) is 12.7 Å². The van der Waals surface area contributed by atoms with E-state index in [1.807, 2.05) is 18.2 Å². The first-order valence-corrected chi connectivity index (χ1v) is 7.98. The number of aliphatic hydroxyl groups is 2. The van der Waals surface area contributed by atoms with Gasteiger partial charge in [-0.05, 0) is 41.0 Å². The third-order valence-corrected chi connectivity index (χ3v) is 3.59. The minimum Gasteiger partial charge on any atom is -0.493 e. The monoisotopic (exact) mass is 309 g/mol. The summed E-state index contributed by atoms with van der Waals surface area (Å²) in [6.45, 7) is 11.2. The highest BCUT2D eigenvalue weighted by molar-refractivity contribution is 5.42. The molecular formula is C18H31NO3. The van der Waals surface area contributed by atoms with E-state index in [4.69, 9.17) is 15.6 Å². The Morgan fingerprint density at radius 3 is 2.36 bits per heavy atom. The first-order chi connectivity index (χ1) is 10.2. The number of ether oxygens (including phenoxy) is 1. The predicted molar refractivity (Wildman–Crippen MR) is 90.1 cm³/mol. The van der Waals surface area contributed by atoms with E-state index in [1.54, 1.807) is 0 Å². The Labute approximate surface area is 134 Å². The zero-order valence-corrected chi connectivity index (χ0v) is 14.5. The second kappa shape index (κ2) is 7.95. The Bertz CT molecular complexity index is 466. The number of nitrogens with two attached hydrogens (primary N) is 1. The second-order valence-electron chi connectivity index (χ2n) is 7.33. The number of hydrogen-bond donors (Lipinski definition) is 3. The molecule has 1 rings (SSSR count). The van der Waals surface area contributed by atoms with E-state index in [2.05, 4.69) is 34.6 Å². The zero-order valence-electron chi connectivity index (χ0n) is 14.5. The van der Waals surface area contributed by atoms with Gasteiger partial charge in [0, 0.05) is 12.6 Å². The van der Waals surface area contributed by atoms with Crippen molar-refractivity contribution in [3.05, 3.63) is 29.3 Å². The van der Waals surface area contributed by atoms with Gasteiger partial charge in [-0.2, -0.15) is 0 Å². The summed E-state index contributed by atoms with van der Waals surface area (Å²) in [5, 5.41) is 19.3. The van der Waals surface area contributed by atoms with Gasteiger partial charge in [0.25, 0.3) is 0 Å². The minimum absolute atomic E-state index is 0.0278. The lowest BCUT2D eigenvalue weighted by molar-refractivity contribution is 0.129. The summed E-state index contributed by atoms with van der Waals surface area (Å²) in [6, 6.07) is 5.26. The van der Waals surface area contributed by atoms with E-state index in [-0.39, 0.29) is 12.0 Å². The van der Waals surface area contributed by atoms with E-state index in [1.165, 1.54) is 0 Å². The number of aliphatic hydroxyl groups excluding tert-OH is 2. The van der Waals surface area contributed by atoms with Crippen molar-refractivity contribution in [1.82, 2.24) is 0 Å². The molecule has 0 aromatic heterocycles. The standard InChI is InChI=1S/C18H31NO3/c1-12(2)11-22-16-7-6-13(10-14(16)18(3,4)5)17(21)15(19)8-9-20/h6-7,10,12,15,17,20-21H,8-9,11,19H2,1-5H3. The number of rotatable bonds is 7. The fraction of sp³-hybridized carbons (Fsp3) is 0.667. The maximum absolute atomic E-state index is 10.3. The van der Waals surface area contributed by atoms with Crippen molar-refractivity contribution in [2.24, 2.45) is 11.7 Å². The Hall–Kier alpha value is -1.10.